The molecule has 2 rings (SSSR count). The van der Waals surface area contributed by atoms with Crippen LogP contribution in [0.5, 0.6) is 5.75 Å². The first-order valence-corrected chi connectivity index (χ1v) is 7.56. The molecule has 1 radical (unpaired) electrons. The summed E-state index contributed by atoms with van der Waals surface area (Å²) in [7, 11) is 0.652. The van der Waals surface area contributed by atoms with E-state index in [4.69, 9.17) is 18.8 Å². The maximum atomic E-state index is 12.0. The van der Waals surface area contributed by atoms with Crippen molar-refractivity contribution in [3.05, 3.63) is 18.1 Å². The highest BCUT2D eigenvalue weighted by Gasteiger charge is 2.27. The van der Waals surface area contributed by atoms with Crippen molar-refractivity contribution >= 4 is 13.8 Å². The van der Waals surface area contributed by atoms with Gasteiger partial charge in [0.15, 0.2) is 0 Å². The topological polar surface area (TPSA) is 72.1 Å². The first kappa shape index (κ1) is 16.7. The zero-order chi connectivity index (χ0) is 16.2. The number of amides is 1. The second-order valence-corrected chi connectivity index (χ2v) is 6.55. The largest absolute Gasteiger partial charge is 0.569 e. The molecular weight excluding hydrogens is 285 g/mol. The SMILES string of the molecule is CC(C)(C)OC(=O)N1CCC(Cc2occc2O[B]O)CC1. The lowest BCUT2D eigenvalue weighted by atomic mass is 9.92. The summed E-state index contributed by atoms with van der Waals surface area (Å²) in [6.45, 7) is 6.97. The van der Waals surface area contributed by atoms with Crippen LogP contribution in [0.3, 0.4) is 0 Å². The maximum absolute atomic E-state index is 12.0. The molecule has 22 heavy (non-hydrogen) atoms. The lowest BCUT2D eigenvalue weighted by Gasteiger charge is -2.33. The minimum atomic E-state index is -0.463. The first-order valence-electron chi connectivity index (χ1n) is 7.56. The van der Waals surface area contributed by atoms with Crippen LogP contribution in [0, 0.1) is 5.92 Å². The van der Waals surface area contributed by atoms with Gasteiger partial charge in [0, 0.05) is 25.6 Å². The smallest absolute Gasteiger partial charge is 0.535 e. The fourth-order valence-corrected chi connectivity index (χ4v) is 2.55. The van der Waals surface area contributed by atoms with E-state index in [0.29, 0.717) is 32.4 Å². The van der Waals surface area contributed by atoms with Gasteiger partial charge in [-0.15, -0.1) is 0 Å². The number of furan rings is 1. The highest BCUT2D eigenvalue weighted by molar-refractivity contribution is 6.17. The van der Waals surface area contributed by atoms with Gasteiger partial charge in [-0.1, -0.05) is 0 Å². The number of nitrogens with zero attached hydrogens (tertiary/aromatic N) is 1. The molecule has 0 unspecified atom stereocenters. The van der Waals surface area contributed by atoms with Crippen molar-refractivity contribution in [2.45, 2.75) is 45.6 Å². The van der Waals surface area contributed by atoms with Crippen LogP contribution in [0.25, 0.3) is 0 Å². The third kappa shape index (κ3) is 4.69. The van der Waals surface area contributed by atoms with Gasteiger partial charge in [-0.2, -0.15) is 0 Å². The van der Waals surface area contributed by atoms with Crippen LogP contribution in [-0.2, 0) is 11.2 Å². The molecule has 0 spiro atoms. The third-order valence-electron chi connectivity index (χ3n) is 3.62. The minimum Gasteiger partial charge on any atom is -0.535 e. The highest BCUT2D eigenvalue weighted by Crippen LogP contribution is 2.28. The zero-order valence-corrected chi connectivity index (χ0v) is 13.4. The molecule has 0 aliphatic carbocycles. The molecule has 0 aromatic carbocycles. The van der Waals surface area contributed by atoms with Crippen LogP contribution in [0.1, 0.15) is 39.4 Å². The molecule has 1 aromatic heterocycles. The summed E-state index contributed by atoms with van der Waals surface area (Å²) in [5.74, 6) is 1.68. The van der Waals surface area contributed by atoms with Gasteiger partial charge in [0.05, 0.1) is 6.26 Å². The molecule has 1 saturated heterocycles. The molecule has 1 N–H and O–H groups in total. The second kappa shape index (κ2) is 7.09. The Bertz CT molecular complexity index is 488. The molecule has 6 nitrogen and oxygen atoms in total. The molecule has 0 atom stereocenters. The predicted molar refractivity (Wildman–Crippen MR) is 81.5 cm³/mol. The fraction of sp³-hybridized carbons (Fsp3) is 0.667. The van der Waals surface area contributed by atoms with Gasteiger partial charge in [0.25, 0.3) is 0 Å². The quantitative estimate of drug-likeness (QED) is 0.865. The Hall–Kier alpha value is -1.63. The van der Waals surface area contributed by atoms with E-state index in [1.165, 1.54) is 0 Å². The molecule has 7 heteroatoms. The van der Waals surface area contributed by atoms with Gasteiger partial charge in [-0.3, -0.25) is 0 Å². The van der Waals surface area contributed by atoms with Crippen molar-refractivity contribution < 1.29 is 23.6 Å². The number of rotatable bonds is 4. The molecule has 2 heterocycles. The van der Waals surface area contributed by atoms with E-state index < -0.39 is 5.60 Å². The Balaban J connectivity index is 1.82. The molecule has 1 fully saturated rings. The third-order valence-corrected chi connectivity index (χ3v) is 3.62. The first-order chi connectivity index (χ1) is 10.4. The van der Waals surface area contributed by atoms with Gasteiger partial charge in [0.1, 0.15) is 17.1 Å². The summed E-state index contributed by atoms with van der Waals surface area (Å²) in [4.78, 5) is 13.8. The van der Waals surface area contributed by atoms with E-state index >= 15 is 0 Å². The number of piperidine rings is 1. The van der Waals surface area contributed by atoms with E-state index in [-0.39, 0.29) is 6.09 Å². The van der Waals surface area contributed by atoms with Crippen LogP contribution >= 0.6 is 0 Å². The van der Waals surface area contributed by atoms with E-state index in [0.717, 1.165) is 25.0 Å². The van der Waals surface area contributed by atoms with E-state index in [1.54, 1.807) is 17.2 Å². The summed E-state index contributed by atoms with van der Waals surface area (Å²) in [5, 5.41) is 8.71. The Kier molecular flexibility index (Phi) is 5.40. The van der Waals surface area contributed by atoms with Gasteiger partial charge in [-0.05, 0) is 39.5 Å². The Labute approximate surface area is 131 Å². The van der Waals surface area contributed by atoms with E-state index in [2.05, 4.69) is 0 Å². The standard InChI is InChI=1S/C15H23BNO5/c1-15(2,3)21-14(18)17-7-4-11(5-8-17)10-13-12(22-16-19)6-9-20-13/h6,9,11,19H,4-5,7-8,10H2,1-3H3. The molecular formula is C15H23BNO5. The van der Waals surface area contributed by atoms with Crippen molar-refractivity contribution in [2.75, 3.05) is 13.1 Å². The summed E-state index contributed by atoms with van der Waals surface area (Å²) in [6, 6.07) is 1.68. The number of carbonyl (C=O) groups is 1. The number of hydrogen-bond donors (Lipinski definition) is 1. The molecule has 1 aromatic rings. The normalized spacial score (nSPS) is 16.5. The van der Waals surface area contributed by atoms with Gasteiger partial charge in [-0.25, -0.2) is 4.79 Å². The van der Waals surface area contributed by atoms with Crippen molar-refractivity contribution in [3.63, 3.8) is 0 Å². The molecule has 1 aliphatic heterocycles. The molecule has 121 valence electrons. The monoisotopic (exact) mass is 308 g/mol. The molecule has 0 bridgehead atoms. The van der Waals surface area contributed by atoms with Crippen molar-refractivity contribution in [3.8, 4) is 5.75 Å². The number of likely N-dealkylation sites (tertiary alicyclic amines) is 1. The van der Waals surface area contributed by atoms with E-state index in [1.807, 2.05) is 20.8 Å². The Morgan fingerprint density at radius 3 is 2.73 bits per heavy atom. The second-order valence-electron chi connectivity index (χ2n) is 6.55. The zero-order valence-electron chi connectivity index (χ0n) is 13.4. The van der Waals surface area contributed by atoms with Crippen LogP contribution in [0.4, 0.5) is 4.79 Å². The van der Waals surface area contributed by atoms with Crippen molar-refractivity contribution in [1.82, 2.24) is 4.90 Å². The molecule has 0 saturated carbocycles. The van der Waals surface area contributed by atoms with Gasteiger partial charge in [0.2, 0.25) is 0 Å². The maximum Gasteiger partial charge on any atom is 0.569 e. The number of ether oxygens (including phenoxy) is 1. The average Bonchev–Trinajstić information content (AvgIpc) is 2.85. The van der Waals surface area contributed by atoms with Crippen molar-refractivity contribution in [1.29, 1.82) is 0 Å². The van der Waals surface area contributed by atoms with Crippen LogP contribution < -0.4 is 4.65 Å². The molecule has 1 amide bonds. The summed E-state index contributed by atoms with van der Waals surface area (Å²) in [6.07, 6.45) is 3.81. The lowest BCUT2D eigenvalue weighted by Crippen LogP contribution is -2.42. The summed E-state index contributed by atoms with van der Waals surface area (Å²) in [5.41, 5.74) is -0.463. The molecule has 1 aliphatic rings. The van der Waals surface area contributed by atoms with Crippen LogP contribution in [0.2, 0.25) is 0 Å². The lowest BCUT2D eigenvalue weighted by molar-refractivity contribution is 0.0182. The number of hydrogen-bond acceptors (Lipinski definition) is 5. The van der Waals surface area contributed by atoms with Crippen LogP contribution in [-0.4, -0.2) is 42.4 Å². The fourth-order valence-electron chi connectivity index (χ4n) is 2.55. The van der Waals surface area contributed by atoms with Crippen molar-refractivity contribution in [2.24, 2.45) is 5.92 Å². The Morgan fingerprint density at radius 2 is 2.14 bits per heavy atom. The summed E-state index contributed by atoms with van der Waals surface area (Å²) >= 11 is 0. The predicted octanol–water partition coefficient (Wildman–Crippen LogP) is 2.37. The Morgan fingerprint density at radius 1 is 1.45 bits per heavy atom. The highest BCUT2D eigenvalue weighted by atomic mass is 16.6. The minimum absolute atomic E-state index is 0.247. The summed E-state index contributed by atoms with van der Waals surface area (Å²) < 4.78 is 15.8. The van der Waals surface area contributed by atoms with E-state index in [9.17, 15) is 4.79 Å². The van der Waals surface area contributed by atoms with Gasteiger partial charge >= 0.3 is 13.8 Å². The van der Waals surface area contributed by atoms with Crippen LogP contribution in [0.15, 0.2) is 16.7 Å². The average molecular weight is 308 g/mol. The van der Waals surface area contributed by atoms with Gasteiger partial charge < -0.3 is 23.7 Å². The number of carbonyl (C=O) groups excluding carboxylic acids is 1.